The van der Waals surface area contributed by atoms with E-state index >= 15 is 0 Å². The number of fused-ring (bicyclic) bond motifs is 1. The van der Waals surface area contributed by atoms with Gasteiger partial charge in [-0.2, -0.15) is 10.4 Å². The molecule has 0 fully saturated rings. The number of ether oxygens (including phenoxy) is 1. The van der Waals surface area contributed by atoms with Crippen molar-refractivity contribution >= 4 is 22.9 Å². The van der Waals surface area contributed by atoms with E-state index in [1.54, 1.807) is 13.3 Å². The molecular weight excluding hydrogens is 326 g/mol. The summed E-state index contributed by atoms with van der Waals surface area (Å²) in [5.74, 6) is 0.439. The van der Waals surface area contributed by atoms with Gasteiger partial charge in [0.05, 0.1) is 12.8 Å². The molecule has 3 rings (SSSR count). The number of hydrogen-bond donors (Lipinski definition) is 1. The lowest BCUT2D eigenvalue weighted by Gasteiger charge is -2.09. The molecule has 6 nitrogen and oxygen atoms in total. The highest BCUT2D eigenvalue weighted by Gasteiger charge is 2.12. The number of methoxy groups -OCH3 is 1. The van der Waals surface area contributed by atoms with Crippen LogP contribution in [0.4, 0.5) is 5.82 Å². The van der Waals surface area contributed by atoms with Crippen LogP contribution in [0.25, 0.3) is 10.9 Å². The molecule has 2 heterocycles. The van der Waals surface area contributed by atoms with Crippen LogP contribution in [0.1, 0.15) is 28.1 Å². The van der Waals surface area contributed by atoms with Gasteiger partial charge in [0.25, 0.3) is 0 Å². The van der Waals surface area contributed by atoms with Gasteiger partial charge in [0, 0.05) is 47.6 Å². The van der Waals surface area contributed by atoms with Crippen molar-refractivity contribution in [3.8, 4) is 6.07 Å². The summed E-state index contributed by atoms with van der Waals surface area (Å²) in [7, 11) is 3.64. The summed E-state index contributed by atoms with van der Waals surface area (Å²) in [6.45, 7) is 4.29. The van der Waals surface area contributed by atoms with Crippen LogP contribution in [0, 0.1) is 25.2 Å². The Kier molecular flexibility index (Phi) is 5.01. The first-order chi connectivity index (χ1) is 12.6. The Labute approximate surface area is 152 Å². The molecule has 0 spiro atoms. The number of para-hydroxylation sites is 1. The monoisotopic (exact) mass is 347 g/mol. The fraction of sp³-hybridized carbons (Fsp3) is 0.250. The third-order valence-corrected chi connectivity index (χ3v) is 4.45. The molecule has 0 saturated heterocycles. The van der Waals surface area contributed by atoms with E-state index in [0.717, 1.165) is 33.4 Å². The Morgan fingerprint density at radius 2 is 2.12 bits per heavy atom. The van der Waals surface area contributed by atoms with Gasteiger partial charge in [-0.3, -0.25) is 5.43 Å². The van der Waals surface area contributed by atoms with Gasteiger partial charge >= 0.3 is 0 Å². The second-order valence-electron chi connectivity index (χ2n) is 6.14. The minimum Gasteiger partial charge on any atom is -0.380 e. The van der Waals surface area contributed by atoms with E-state index in [9.17, 15) is 5.26 Å². The molecule has 2 aromatic heterocycles. The van der Waals surface area contributed by atoms with Gasteiger partial charge in [-0.05, 0) is 26.0 Å². The quantitative estimate of drug-likeness (QED) is 0.564. The molecular formula is C20H21N5O. The van der Waals surface area contributed by atoms with Gasteiger partial charge in [-0.25, -0.2) is 4.98 Å². The van der Waals surface area contributed by atoms with Crippen LogP contribution in [0.2, 0.25) is 0 Å². The molecule has 1 aromatic carbocycles. The normalized spacial score (nSPS) is 11.2. The second-order valence-corrected chi connectivity index (χ2v) is 6.14. The molecule has 26 heavy (non-hydrogen) atoms. The van der Waals surface area contributed by atoms with Crippen LogP contribution in [0.5, 0.6) is 0 Å². The van der Waals surface area contributed by atoms with E-state index in [2.05, 4.69) is 45.2 Å². The summed E-state index contributed by atoms with van der Waals surface area (Å²) >= 11 is 0. The predicted molar refractivity (Wildman–Crippen MR) is 103 cm³/mol. The minimum absolute atomic E-state index is 0.354. The van der Waals surface area contributed by atoms with Crippen molar-refractivity contribution in [1.82, 2.24) is 9.55 Å². The molecule has 0 bridgehead atoms. The first kappa shape index (κ1) is 17.6. The number of hydrogen-bond acceptors (Lipinski definition) is 5. The minimum atomic E-state index is 0.354. The summed E-state index contributed by atoms with van der Waals surface area (Å²) in [5, 5.41) is 15.0. The molecule has 132 valence electrons. The molecule has 3 aromatic rings. The summed E-state index contributed by atoms with van der Waals surface area (Å²) in [4.78, 5) is 4.40. The Balaban J connectivity index is 1.95. The molecule has 0 aliphatic carbocycles. The zero-order chi connectivity index (χ0) is 18.7. The molecule has 0 amide bonds. The number of anilines is 1. The van der Waals surface area contributed by atoms with Gasteiger partial charge < -0.3 is 9.30 Å². The van der Waals surface area contributed by atoms with E-state index in [4.69, 9.17) is 4.74 Å². The zero-order valence-corrected chi connectivity index (χ0v) is 15.4. The van der Waals surface area contributed by atoms with Crippen LogP contribution in [-0.2, 0) is 18.4 Å². The van der Waals surface area contributed by atoms with E-state index < -0.39 is 0 Å². The van der Waals surface area contributed by atoms with Crippen molar-refractivity contribution in [1.29, 1.82) is 5.26 Å². The molecule has 0 aliphatic rings. The van der Waals surface area contributed by atoms with Crippen molar-refractivity contribution in [2.75, 3.05) is 12.5 Å². The van der Waals surface area contributed by atoms with Crippen molar-refractivity contribution in [2.45, 2.75) is 20.5 Å². The maximum absolute atomic E-state index is 9.48. The first-order valence-electron chi connectivity index (χ1n) is 8.29. The summed E-state index contributed by atoms with van der Waals surface area (Å²) < 4.78 is 7.31. The highest BCUT2D eigenvalue weighted by atomic mass is 16.5. The number of benzene rings is 1. The topological polar surface area (TPSA) is 75.2 Å². The van der Waals surface area contributed by atoms with E-state index in [0.29, 0.717) is 18.0 Å². The molecule has 6 heteroatoms. The average molecular weight is 347 g/mol. The highest BCUT2D eigenvalue weighted by Crippen LogP contribution is 2.23. The fourth-order valence-electron chi connectivity index (χ4n) is 3.09. The largest absolute Gasteiger partial charge is 0.380 e. The van der Waals surface area contributed by atoms with E-state index in [1.165, 1.54) is 0 Å². The van der Waals surface area contributed by atoms with Gasteiger partial charge in [0.1, 0.15) is 11.6 Å². The van der Waals surface area contributed by atoms with Gasteiger partial charge in [0.15, 0.2) is 5.82 Å². The summed E-state index contributed by atoms with van der Waals surface area (Å²) in [6, 6.07) is 12.2. The van der Waals surface area contributed by atoms with Gasteiger partial charge in [-0.15, -0.1) is 0 Å². The third kappa shape index (κ3) is 3.17. The maximum Gasteiger partial charge on any atom is 0.164 e. The van der Waals surface area contributed by atoms with Crippen LogP contribution in [0.3, 0.4) is 0 Å². The van der Waals surface area contributed by atoms with Gasteiger partial charge in [-0.1, -0.05) is 18.2 Å². The SMILES string of the molecule is COCc1cc(C)nc(N/N=C\c2c(C)n(C)c3ccccc23)c1C#N. The molecule has 0 saturated carbocycles. The van der Waals surface area contributed by atoms with Gasteiger partial charge in [0.2, 0.25) is 0 Å². The first-order valence-corrected chi connectivity index (χ1v) is 8.29. The van der Waals surface area contributed by atoms with Crippen molar-refractivity contribution in [3.05, 3.63) is 58.4 Å². The number of nitrogens with one attached hydrogen (secondary N) is 1. The van der Waals surface area contributed by atoms with Crippen LogP contribution in [-0.4, -0.2) is 22.9 Å². The Hall–Kier alpha value is -3.17. The number of rotatable bonds is 5. The molecule has 0 radical (unpaired) electrons. The lowest BCUT2D eigenvalue weighted by Crippen LogP contribution is -2.03. The Bertz CT molecular complexity index is 1030. The molecule has 0 unspecified atom stereocenters. The predicted octanol–water partition coefficient (Wildman–Crippen LogP) is 3.65. The van der Waals surface area contributed by atoms with Crippen molar-refractivity contribution in [3.63, 3.8) is 0 Å². The van der Waals surface area contributed by atoms with Crippen LogP contribution >= 0.6 is 0 Å². The summed E-state index contributed by atoms with van der Waals surface area (Å²) in [5.41, 5.74) is 8.28. The number of nitrogens with zero attached hydrogens (tertiary/aromatic N) is 4. The lowest BCUT2D eigenvalue weighted by atomic mass is 10.1. The molecule has 0 atom stereocenters. The summed E-state index contributed by atoms with van der Waals surface area (Å²) in [6.07, 6.45) is 1.78. The number of pyridine rings is 1. The maximum atomic E-state index is 9.48. The third-order valence-electron chi connectivity index (χ3n) is 4.45. The van der Waals surface area contributed by atoms with E-state index in [1.807, 2.05) is 32.2 Å². The highest BCUT2D eigenvalue weighted by molar-refractivity contribution is 6.01. The van der Waals surface area contributed by atoms with Crippen molar-refractivity contribution in [2.24, 2.45) is 12.1 Å². The standard InChI is InChI=1S/C20H21N5O/c1-13-9-15(12-26-4)17(10-21)20(23-13)24-22-11-18-14(2)25(3)19-8-6-5-7-16(18)19/h5-9,11H,12H2,1-4H3,(H,23,24)/b22-11-. The fourth-order valence-corrected chi connectivity index (χ4v) is 3.09. The molecule has 1 N–H and O–H groups in total. The Morgan fingerprint density at radius 1 is 1.35 bits per heavy atom. The Morgan fingerprint density at radius 3 is 2.85 bits per heavy atom. The second kappa shape index (κ2) is 7.38. The number of aryl methyl sites for hydroxylation is 2. The number of hydrazone groups is 1. The molecule has 0 aliphatic heterocycles. The van der Waals surface area contributed by atoms with Crippen molar-refractivity contribution < 1.29 is 4.74 Å². The van der Waals surface area contributed by atoms with Crippen LogP contribution in [0.15, 0.2) is 35.4 Å². The number of nitriles is 1. The zero-order valence-electron chi connectivity index (χ0n) is 15.4. The van der Waals surface area contributed by atoms with E-state index in [-0.39, 0.29) is 0 Å². The average Bonchev–Trinajstić information content (AvgIpc) is 2.87. The smallest absolute Gasteiger partial charge is 0.164 e. The van der Waals surface area contributed by atoms with Crippen LogP contribution < -0.4 is 5.43 Å². The lowest BCUT2D eigenvalue weighted by molar-refractivity contribution is 0.184. The number of aromatic nitrogens is 2.